The van der Waals surface area contributed by atoms with Crippen molar-refractivity contribution in [3.63, 3.8) is 0 Å². The average molecular weight is 394 g/mol. The highest BCUT2D eigenvalue weighted by Gasteiger charge is 2.21. The van der Waals surface area contributed by atoms with Crippen molar-refractivity contribution >= 4 is 34.3 Å². The van der Waals surface area contributed by atoms with Crippen LogP contribution in [0.3, 0.4) is 0 Å². The maximum absolute atomic E-state index is 14.2. The van der Waals surface area contributed by atoms with Crippen LogP contribution in [0.25, 0.3) is 22.6 Å². The molecule has 0 unspecified atom stereocenters. The summed E-state index contributed by atoms with van der Waals surface area (Å²) >= 11 is 0. The highest BCUT2D eigenvalue weighted by Crippen LogP contribution is 2.28. The lowest BCUT2D eigenvalue weighted by molar-refractivity contribution is -0.114. The zero-order valence-electron chi connectivity index (χ0n) is 15.4. The minimum absolute atomic E-state index is 0.0835. The fourth-order valence-electron chi connectivity index (χ4n) is 2.92. The van der Waals surface area contributed by atoms with Crippen LogP contribution in [0.2, 0.25) is 0 Å². The molecule has 0 aliphatic heterocycles. The maximum atomic E-state index is 14.2. The molecule has 2 amide bonds. The van der Waals surface area contributed by atoms with Crippen LogP contribution in [0, 0.1) is 12.7 Å². The van der Waals surface area contributed by atoms with Gasteiger partial charge in [-0.2, -0.15) is 0 Å². The van der Waals surface area contributed by atoms with Crippen LogP contribution >= 0.6 is 0 Å². The monoisotopic (exact) mass is 394 g/mol. The van der Waals surface area contributed by atoms with Crippen molar-refractivity contribution in [1.29, 1.82) is 0 Å². The number of aryl methyl sites for hydroxylation is 1. The first kappa shape index (κ1) is 18.4. The molecule has 4 aromatic rings. The van der Waals surface area contributed by atoms with Crippen molar-refractivity contribution in [3.05, 3.63) is 59.7 Å². The fraction of sp³-hybridized carbons (Fsp3) is 0.100. The van der Waals surface area contributed by atoms with Crippen molar-refractivity contribution < 1.29 is 22.9 Å². The molecule has 9 heteroatoms. The quantitative estimate of drug-likeness (QED) is 0.538. The third-order valence-corrected chi connectivity index (χ3v) is 4.17. The number of carbonyl (C=O) groups is 2. The lowest BCUT2D eigenvalue weighted by Crippen LogP contribution is -2.15. The molecule has 0 atom stereocenters. The Morgan fingerprint density at radius 3 is 2.69 bits per heavy atom. The van der Waals surface area contributed by atoms with Gasteiger partial charge in [0, 0.05) is 12.6 Å². The van der Waals surface area contributed by atoms with Gasteiger partial charge in [0.25, 0.3) is 11.6 Å². The van der Waals surface area contributed by atoms with Crippen LogP contribution in [0.15, 0.2) is 51.6 Å². The lowest BCUT2D eigenvalue weighted by Gasteiger charge is -2.10. The van der Waals surface area contributed by atoms with Crippen molar-refractivity contribution in [2.45, 2.75) is 13.8 Å². The molecule has 0 fully saturated rings. The number of aromatic nitrogens is 2. The van der Waals surface area contributed by atoms with Gasteiger partial charge in [0.2, 0.25) is 5.91 Å². The van der Waals surface area contributed by atoms with Crippen molar-refractivity contribution in [3.8, 4) is 11.5 Å². The first-order valence-corrected chi connectivity index (χ1v) is 8.62. The molecule has 4 rings (SSSR count). The molecule has 0 saturated carbocycles. The van der Waals surface area contributed by atoms with Gasteiger partial charge in [0.1, 0.15) is 11.5 Å². The fourth-order valence-corrected chi connectivity index (χ4v) is 2.92. The molecule has 3 aromatic heterocycles. The Hall–Kier alpha value is -4.01. The standard InChI is InChI=1S/C20H15FN4O4/c1-10-18-13(9-16(17-4-3-7-28-17)24-20(18)29-25-10)19(27)23-15-8-12(22-11(2)26)5-6-14(15)21/h3-9H,1-2H3,(H,22,26)(H,23,27). The summed E-state index contributed by atoms with van der Waals surface area (Å²) in [5.74, 6) is -1.11. The number of furan rings is 1. The van der Waals surface area contributed by atoms with Gasteiger partial charge in [-0.1, -0.05) is 5.16 Å². The smallest absolute Gasteiger partial charge is 0.259 e. The summed E-state index contributed by atoms with van der Waals surface area (Å²) in [4.78, 5) is 28.6. The molecule has 0 aliphatic carbocycles. The number of rotatable bonds is 4. The van der Waals surface area contributed by atoms with Gasteiger partial charge < -0.3 is 19.6 Å². The number of amides is 2. The largest absolute Gasteiger partial charge is 0.463 e. The normalized spacial score (nSPS) is 10.9. The van der Waals surface area contributed by atoms with E-state index >= 15 is 0 Å². The zero-order chi connectivity index (χ0) is 20.5. The number of hydrogen-bond acceptors (Lipinski definition) is 6. The molecule has 0 radical (unpaired) electrons. The second-order valence-electron chi connectivity index (χ2n) is 6.31. The molecular formula is C20H15FN4O4. The second-order valence-corrected chi connectivity index (χ2v) is 6.31. The highest BCUT2D eigenvalue weighted by atomic mass is 19.1. The number of halogens is 1. The number of benzene rings is 1. The van der Waals surface area contributed by atoms with Crippen molar-refractivity contribution in [1.82, 2.24) is 10.1 Å². The van der Waals surface area contributed by atoms with Crippen LogP contribution in [0.5, 0.6) is 0 Å². The number of nitrogens with zero attached hydrogens (tertiary/aromatic N) is 2. The molecule has 0 spiro atoms. The summed E-state index contributed by atoms with van der Waals surface area (Å²) in [6.45, 7) is 3.01. The molecule has 1 aromatic carbocycles. The highest BCUT2D eigenvalue weighted by molar-refractivity contribution is 6.13. The van der Waals surface area contributed by atoms with Gasteiger partial charge in [0.05, 0.1) is 28.6 Å². The Kier molecular flexibility index (Phi) is 4.55. The van der Waals surface area contributed by atoms with Crippen LogP contribution in [0.4, 0.5) is 15.8 Å². The molecular weight excluding hydrogens is 379 g/mol. The average Bonchev–Trinajstić information content (AvgIpc) is 3.34. The van der Waals surface area contributed by atoms with E-state index in [1.54, 1.807) is 19.1 Å². The number of carbonyl (C=O) groups excluding carboxylic acids is 2. The molecule has 29 heavy (non-hydrogen) atoms. The van der Waals surface area contributed by atoms with E-state index in [4.69, 9.17) is 8.94 Å². The van der Waals surface area contributed by atoms with Gasteiger partial charge in [-0.15, -0.1) is 0 Å². The third-order valence-electron chi connectivity index (χ3n) is 4.17. The summed E-state index contributed by atoms with van der Waals surface area (Å²) in [7, 11) is 0. The molecule has 0 aliphatic rings. The van der Waals surface area contributed by atoms with Gasteiger partial charge in [-0.3, -0.25) is 9.59 Å². The Bertz CT molecular complexity index is 1230. The first-order valence-electron chi connectivity index (χ1n) is 8.62. The molecule has 2 N–H and O–H groups in total. The molecule has 0 saturated heterocycles. The number of anilines is 2. The maximum Gasteiger partial charge on any atom is 0.259 e. The summed E-state index contributed by atoms with van der Waals surface area (Å²) in [5.41, 5.74) is 1.47. The van der Waals surface area contributed by atoms with E-state index in [9.17, 15) is 14.0 Å². The second kappa shape index (κ2) is 7.19. The summed E-state index contributed by atoms with van der Waals surface area (Å²) < 4.78 is 24.8. The topological polar surface area (TPSA) is 110 Å². The molecule has 146 valence electrons. The summed E-state index contributed by atoms with van der Waals surface area (Å²) in [6, 6.07) is 8.79. The van der Waals surface area contributed by atoms with E-state index in [0.29, 0.717) is 28.2 Å². The van der Waals surface area contributed by atoms with Gasteiger partial charge in [0.15, 0.2) is 5.76 Å². The van der Waals surface area contributed by atoms with Gasteiger partial charge >= 0.3 is 0 Å². The Morgan fingerprint density at radius 2 is 1.97 bits per heavy atom. The van der Waals surface area contributed by atoms with E-state index in [1.165, 1.54) is 31.4 Å². The number of fused-ring (bicyclic) bond motifs is 1. The van der Waals surface area contributed by atoms with E-state index < -0.39 is 11.7 Å². The summed E-state index contributed by atoms with van der Waals surface area (Å²) in [6.07, 6.45) is 1.48. The Labute approximate surface area is 163 Å². The summed E-state index contributed by atoms with van der Waals surface area (Å²) in [5, 5.41) is 9.35. The molecule has 0 bridgehead atoms. The molecule has 3 heterocycles. The van der Waals surface area contributed by atoms with E-state index in [-0.39, 0.29) is 22.9 Å². The van der Waals surface area contributed by atoms with Gasteiger partial charge in [-0.25, -0.2) is 9.37 Å². The Balaban J connectivity index is 1.76. The predicted molar refractivity (Wildman–Crippen MR) is 103 cm³/mol. The van der Waals surface area contributed by atoms with Gasteiger partial charge in [-0.05, 0) is 43.3 Å². The zero-order valence-corrected chi connectivity index (χ0v) is 15.4. The number of pyridine rings is 1. The Morgan fingerprint density at radius 1 is 1.14 bits per heavy atom. The predicted octanol–water partition coefficient (Wildman–Crippen LogP) is 4.14. The SMILES string of the molecule is CC(=O)Nc1ccc(F)c(NC(=O)c2cc(-c3ccco3)nc3onc(C)c23)c1. The first-order chi connectivity index (χ1) is 13.9. The van der Waals surface area contributed by atoms with E-state index in [2.05, 4.69) is 20.8 Å². The number of hydrogen-bond donors (Lipinski definition) is 2. The van der Waals surface area contributed by atoms with Crippen LogP contribution < -0.4 is 10.6 Å². The van der Waals surface area contributed by atoms with E-state index in [0.717, 1.165) is 6.07 Å². The third kappa shape index (κ3) is 3.57. The van der Waals surface area contributed by atoms with Crippen molar-refractivity contribution in [2.75, 3.05) is 10.6 Å². The van der Waals surface area contributed by atoms with Crippen LogP contribution in [-0.2, 0) is 4.79 Å². The van der Waals surface area contributed by atoms with Crippen molar-refractivity contribution in [2.24, 2.45) is 0 Å². The van der Waals surface area contributed by atoms with E-state index in [1.807, 2.05) is 0 Å². The molecule has 8 nitrogen and oxygen atoms in total. The lowest BCUT2D eigenvalue weighted by atomic mass is 10.1. The number of nitrogens with one attached hydrogen (secondary N) is 2. The van der Waals surface area contributed by atoms with Crippen LogP contribution in [0.1, 0.15) is 23.0 Å². The minimum Gasteiger partial charge on any atom is -0.463 e. The minimum atomic E-state index is -0.647. The van der Waals surface area contributed by atoms with Crippen LogP contribution in [-0.4, -0.2) is 22.0 Å².